The van der Waals surface area contributed by atoms with Crippen LogP contribution < -0.4 is 4.90 Å². The van der Waals surface area contributed by atoms with E-state index >= 15 is 0 Å². The first-order valence-corrected chi connectivity index (χ1v) is 14.4. The first-order valence-electron chi connectivity index (χ1n) is 12.0. The van der Waals surface area contributed by atoms with Crippen molar-refractivity contribution in [2.45, 2.75) is 41.4 Å². The second-order valence-electron chi connectivity index (χ2n) is 9.58. The zero-order chi connectivity index (χ0) is 27.7. The van der Waals surface area contributed by atoms with Crippen LogP contribution in [0.2, 0.25) is 0 Å². The monoisotopic (exact) mass is 577 g/mol. The van der Waals surface area contributed by atoms with E-state index in [1.165, 1.54) is 34.6 Å². The third-order valence-electron chi connectivity index (χ3n) is 7.05. The van der Waals surface area contributed by atoms with Crippen molar-refractivity contribution >= 4 is 33.0 Å². The number of nitrogens with zero attached hydrogens (tertiary/aromatic N) is 3. The van der Waals surface area contributed by atoms with Crippen LogP contribution >= 0.6 is 11.3 Å². The molecule has 2 saturated heterocycles. The van der Waals surface area contributed by atoms with Crippen molar-refractivity contribution in [2.75, 3.05) is 50.8 Å². The molecule has 2 aromatic rings. The second-order valence-corrected chi connectivity index (χ2v) is 12.7. The molecule has 0 amide bonds. The van der Waals surface area contributed by atoms with Crippen LogP contribution in [-0.2, 0) is 25.2 Å². The lowest BCUT2D eigenvalue weighted by Gasteiger charge is -2.46. The van der Waals surface area contributed by atoms with Gasteiger partial charge in [0.15, 0.2) is 5.60 Å². The first kappa shape index (κ1) is 28.8. The van der Waals surface area contributed by atoms with Gasteiger partial charge in [0, 0.05) is 44.5 Å². The predicted molar refractivity (Wildman–Crippen MR) is 135 cm³/mol. The van der Waals surface area contributed by atoms with E-state index in [9.17, 15) is 36.6 Å². The maximum atomic E-state index is 13.3. The summed E-state index contributed by atoms with van der Waals surface area (Å²) in [5.41, 5.74) is -2.75. The number of ether oxygens (including phenoxy) is 1. The molecule has 0 aliphatic carbocycles. The largest absolute Gasteiger partial charge is 0.481 e. The molecule has 0 unspecified atom stereocenters. The summed E-state index contributed by atoms with van der Waals surface area (Å²) in [6, 6.07) is 7.80. The Bertz CT molecular complexity index is 1210. The zero-order valence-electron chi connectivity index (χ0n) is 20.7. The van der Waals surface area contributed by atoms with Gasteiger partial charge in [0.25, 0.3) is 10.0 Å². The van der Waals surface area contributed by atoms with Crippen molar-refractivity contribution in [3.63, 3.8) is 0 Å². The number of hydrogen-bond acceptors (Lipinski definition) is 8. The fourth-order valence-corrected chi connectivity index (χ4v) is 7.42. The molecule has 2 aliphatic rings. The molecule has 0 saturated carbocycles. The Morgan fingerprint density at radius 2 is 1.84 bits per heavy atom. The number of carbonyl (C=O) groups is 1. The highest BCUT2D eigenvalue weighted by molar-refractivity contribution is 7.91. The minimum Gasteiger partial charge on any atom is -0.481 e. The number of thiophene rings is 1. The van der Waals surface area contributed by atoms with Gasteiger partial charge >= 0.3 is 12.1 Å². The number of piperazine rings is 1. The van der Waals surface area contributed by atoms with Crippen LogP contribution in [0.25, 0.3) is 0 Å². The van der Waals surface area contributed by atoms with Gasteiger partial charge in [0.1, 0.15) is 4.21 Å². The molecule has 0 spiro atoms. The Labute approximate surface area is 223 Å². The van der Waals surface area contributed by atoms with E-state index in [4.69, 9.17) is 4.74 Å². The molecule has 38 heavy (non-hydrogen) atoms. The van der Waals surface area contributed by atoms with E-state index in [0.717, 1.165) is 11.3 Å². The minimum absolute atomic E-state index is 0.111. The van der Waals surface area contributed by atoms with Crippen molar-refractivity contribution in [3.05, 3.63) is 47.3 Å². The molecule has 2 N–H and O–H groups in total. The Morgan fingerprint density at radius 1 is 1.13 bits per heavy atom. The molecular formula is C24H30F3N3O6S2. The minimum atomic E-state index is -4.85. The van der Waals surface area contributed by atoms with Crippen LogP contribution in [0, 0.1) is 0 Å². The SMILES string of the molecule is C[C@@](O)(c1ccc(N2CCN(S(=O)(=O)c3cccs3)C[C@@H]2CN2CCOC[C@H]2CC(=O)O)cc1)C(F)(F)F. The van der Waals surface area contributed by atoms with Crippen LogP contribution in [0.15, 0.2) is 46.0 Å². The topological polar surface area (TPSA) is 111 Å². The highest BCUT2D eigenvalue weighted by Crippen LogP contribution is 2.39. The number of hydrogen-bond donors (Lipinski definition) is 2. The predicted octanol–water partition coefficient (Wildman–Crippen LogP) is 2.57. The van der Waals surface area contributed by atoms with E-state index in [2.05, 4.69) is 0 Å². The summed E-state index contributed by atoms with van der Waals surface area (Å²) >= 11 is 1.12. The number of anilines is 1. The summed E-state index contributed by atoms with van der Waals surface area (Å²) in [6.07, 6.45) is -4.99. The normalized spacial score (nSPS) is 23.8. The summed E-state index contributed by atoms with van der Waals surface area (Å²) in [7, 11) is -3.74. The van der Waals surface area contributed by atoms with Crippen molar-refractivity contribution in [1.29, 1.82) is 0 Å². The lowest BCUT2D eigenvalue weighted by Crippen LogP contribution is -2.60. The maximum Gasteiger partial charge on any atom is 0.421 e. The van der Waals surface area contributed by atoms with Crippen molar-refractivity contribution in [3.8, 4) is 0 Å². The smallest absolute Gasteiger partial charge is 0.421 e. The molecule has 3 heterocycles. The standard InChI is InChI=1S/C24H30F3N3O6S2/c1-23(33,24(25,26)27)17-4-6-18(7-5-17)30-9-8-29(38(34,35)22-3-2-12-37-22)15-20(30)14-28-10-11-36-16-19(28)13-21(31)32/h2-7,12,19-20,33H,8-11,13-16H2,1H3,(H,31,32)/t19-,20+,23-/m1/s1. The van der Waals surface area contributed by atoms with Crippen molar-refractivity contribution in [2.24, 2.45) is 0 Å². The number of aliphatic carboxylic acids is 1. The summed E-state index contributed by atoms with van der Waals surface area (Å²) in [6.45, 7) is 2.68. The Hall–Kier alpha value is -2.23. The number of alkyl halides is 3. The Kier molecular flexibility index (Phi) is 8.40. The number of benzene rings is 1. The van der Waals surface area contributed by atoms with E-state index in [1.807, 2.05) is 9.80 Å². The van der Waals surface area contributed by atoms with E-state index in [-0.39, 0.29) is 42.4 Å². The molecule has 1 aromatic carbocycles. The first-order chi connectivity index (χ1) is 17.8. The molecule has 0 radical (unpaired) electrons. The van der Waals surface area contributed by atoms with Crippen LogP contribution in [-0.4, -0.2) is 98.0 Å². The van der Waals surface area contributed by atoms with Crippen LogP contribution in [0.5, 0.6) is 0 Å². The molecule has 3 atom stereocenters. The molecule has 0 bridgehead atoms. The number of carboxylic acid groups (broad SMARTS) is 1. The van der Waals surface area contributed by atoms with Gasteiger partial charge in [0.05, 0.1) is 25.7 Å². The highest BCUT2D eigenvalue weighted by atomic mass is 32.2. The summed E-state index contributed by atoms with van der Waals surface area (Å²) in [4.78, 5) is 15.3. The lowest BCUT2D eigenvalue weighted by atomic mass is 9.95. The van der Waals surface area contributed by atoms with Gasteiger partial charge in [-0.25, -0.2) is 8.42 Å². The van der Waals surface area contributed by atoms with Gasteiger partial charge in [-0.05, 0) is 36.1 Å². The molecule has 9 nitrogen and oxygen atoms in total. The number of halogens is 3. The van der Waals surface area contributed by atoms with E-state index in [1.54, 1.807) is 11.4 Å². The van der Waals surface area contributed by atoms with Crippen molar-refractivity contribution < 1.29 is 41.3 Å². The fraction of sp³-hybridized carbons (Fsp3) is 0.542. The molecule has 14 heteroatoms. The Balaban J connectivity index is 1.62. The van der Waals surface area contributed by atoms with Gasteiger partial charge in [-0.1, -0.05) is 18.2 Å². The number of rotatable bonds is 8. The zero-order valence-corrected chi connectivity index (χ0v) is 22.3. The molecular weight excluding hydrogens is 547 g/mol. The summed E-state index contributed by atoms with van der Waals surface area (Å²) in [5.74, 6) is -0.972. The average molecular weight is 578 g/mol. The summed E-state index contributed by atoms with van der Waals surface area (Å²) < 4.78 is 73.6. The summed E-state index contributed by atoms with van der Waals surface area (Å²) in [5, 5.41) is 21.1. The third-order valence-corrected chi connectivity index (χ3v) is 10.3. The quantitative estimate of drug-likeness (QED) is 0.493. The number of aliphatic hydroxyl groups is 1. The van der Waals surface area contributed by atoms with Gasteiger partial charge in [-0.15, -0.1) is 11.3 Å². The van der Waals surface area contributed by atoms with E-state index < -0.39 is 39.9 Å². The Morgan fingerprint density at radius 3 is 2.45 bits per heavy atom. The van der Waals surface area contributed by atoms with E-state index in [0.29, 0.717) is 32.3 Å². The number of carboxylic acids is 1. The average Bonchev–Trinajstić information content (AvgIpc) is 3.40. The van der Waals surface area contributed by atoms with Gasteiger partial charge in [-0.3, -0.25) is 9.69 Å². The maximum absolute atomic E-state index is 13.3. The van der Waals surface area contributed by atoms with Crippen LogP contribution in [0.3, 0.4) is 0 Å². The van der Waals surface area contributed by atoms with Crippen molar-refractivity contribution in [1.82, 2.24) is 9.21 Å². The van der Waals surface area contributed by atoms with Gasteiger partial charge in [-0.2, -0.15) is 17.5 Å². The molecule has 4 rings (SSSR count). The van der Waals surface area contributed by atoms with Crippen LogP contribution in [0.1, 0.15) is 18.9 Å². The van der Waals surface area contributed by atoms with Crippen LogP contribution in [0.4, 0.5) is 18.9 Å². The second kappa shape index (κ2) is 11.1. The van der Waals surface area contributed by atoms with Gasteiger partial charge in [0.2, 0.25) is 0 Å². The fourth-order valence-electron chi connectivity index (χ4n) is 4.81. The molecule has 1 aromatic heterocycles. The van der Waals surface area contributed by atoms with Gasteiger partial charge < -0.3 is 19.8 Å². The highest BCUT2D eigenvalue weighted by Gasteiger charge is 2.51. The number of morpholine rings is 1. The lowest BCUT2D eigenvalue weighted by molar-refractivity contribution is -0.258. The third kappa shape index (κ3) is 6.00. The number of sulfonamides is 1. The molecule has 2 fully saturated rings. The molecule has 2 aliphatic heterocycles. The molecule has 210 valence electrons.